The van der Waals surface area contributed by atoms with Gasteiger partial charge in [-0.1, -0.05) is 37.9 Å². The molecule has 2 N–H and O–H groups in total. The predicted molar refractivity (Wildman–Crippen MR) is 85.2 cm³/mol. The Morgan fingerprint density at radius 2 is 1.80 bits per heavy atom. The first-order valence-corrected chi connectivity index (χ1v) is 7.67. The fourth-order valence-corrected chi connectivity index (χ4v) is 2.57. The van der Waals surface area contributed by atoms with Gasteiger partial charge in [0.15, 0.2) is 0 Å². The molecular weight excluding hydrogens is 389 g/mol. The minimum atomic E-state index is -0.287. The third-order valence-electron chi connectivity index (χ3n) is 2.86. The van der Waals surface area contributed by atoms with Crippen LogP contribution in [0.1, 0.15) is 24.1 Å². The van der Waals surface area contributed by atoms with Crippen molar-refractivity contribution < 1.29 is 9.13 Å². The van der Waals surface area contributed by atoms with Crippen molar-refractivity contribution in [2.45, 2.75) is 19.6 Å². The van der Waals surface area contributed by atoms with E-state index in [2.05, 4.69) is 31.9 Å². The third kappa shape index (κ3) is 3.81. The van der Waals surface area contributed by atoms with Crippen LogP contribution in [-0.4, -0.2) is 0 Å². The molecule has 0 bridgehead atoms. The van der Waals surface area contributed by atoms with Gasteiger partial charge in [-0.25, -0.2) is 4.39 Å². The number of benzene rings is 2. The molecule has 2 aromatic rings. The molecule has 106 valence electrons. The zero-order valence-corrected chi connectivity index (χ0v) is 14.0. The highest BCUT2D eigenvalue weighted by atomic mass is 79.9. The van der Waals surface area contributed by atoms with Crippen molar-refractivity contribution in [2.75, 3.05) is 0 Å². The highest BCUT2D eigenvalue weighted by molar-refractivity contribution is 9.10. The molecule has 5 heteroatoms. The summed E-state index contributed by atoms with van der Waals surface area (Å²) in [5, 5.41) is 0. The lowest BCUT2D eigenvalue weighted by Gasteiger charge is -2.15. The topological polar surface area (TPSA) is 35.2 Å². The Bertz CT molecular complexity index is 617. The van der Waals surface area contributed by atoms with Crippen LogP contribution in [-0.2, 0) is 6.61 Å². The Kier molecular flexibility index (Phi) is 5.18. The molecule has 1 atom stereocenters. The van der Waals surface area contributed by atoms with Crippen LogP contribution < -0.4 is 10.5 Å². The molecular formula is C15H14Br2FNO. The summed E-state index contributed by atoms with van der Waals surface area (Å²) in [5.41, 5.74) is 7.30. The molecule has 0 fully saturated rings. The number of hydrogen-bond donors (Lipinski definition) is 1. The monoisotopic (exact) mass is 401 g/mol. The highest BCUT2D eigenvalue weighted by Gasteiger charge is 2.10. The Balaban J connectivity index is 2.22. The van der Waals surface area contributed by atoms with Crippen LogP contribution in [0.15, 0.2) is 45.3 Å². The summed E-state index contributed by atoms with van der Waals surface area (Å²) in [6.45, 7) is 2.04. The standard InChI is InChI=1S/C15H14Br2FNO/c1-9(19)13-4-2-12(17)7-15(13)20-8-10-6-11(16)3-5-14(10)18/h2-7,9H,8,19H2,1H3/t9-/m0/s1. The lowest BCUT2D eigenvalue weighted by Crippen LogP contribution is -2.08. The van der Waals surface area contributed by atoms with Crippen LogP contribution in [0.5, 0.6) is 5.75 Å². The van der Waals surface area contributed by atoms with Crippen molar-refractivity contribution in [3.8, 4) is 5.75 Å². The van der Waals surface area contributed by atoms with Gasteiger partial charge in [-0.3, -0.25) is 0 Å². The van der Waals surface area contributed by atoms with Gasteiger partial charge < -0.3 is 10.5 Å². The van der Waals surface area contributed by atoms with E-state index in [0.29, 0.717) is 11.3 Å². The Morgan fingerprint density at radius 3 is 2.50 bits per heavy atom. The lowest BCUT2D eigenvalue weighted by molar-refractivity contribution is 0.295. The van der Waals surface area contributed by atoms with E-state index in [9.17, 15) is 4.39 Å². The van der Waals surface area contributed by atoms with Gasteiger partial charge in [0.2, 0.25) is 0 Å². The maximum absolute atomic E-state index is 13.7. The van der Waals surface area contributed by atoms with E-state index >= 15 is 0 Å². The minimum absolute atomic E-state index is 0.148. The summed E-state index contributed by atoms with van der Waals surface area (Å²) in [5.74, 6) is 0.374. The maximum Gasteiger partial charge on any atom is 0.129 e. The Morgan fingerprint density at radius 1 is 1.15 bits per heavy atom. The molecule has 0 amide bonds. The van der Waals surface area contributed by atoms with E-state index in [4.69, 9.17) is 10.5 Å². The number of hydrogen-bond acceptors (Lipinski definition) is 2. The molecule has 2 aromatic carbocycles. The molecule has 0 spiro atoms. The van der Waals surface area contributed by atoms with Gasteiger partial charge >= 0.3 is 0 Å². The SMILES string of the molecule is C[C@H](N)c1ccc(Br)cc1OCc1cc(Br)ccc1F. The van der Waals surface area contributed by atoms with Gasteiger partial charge in [0.25, 0.3) is 0 Å². The summed E-state index contributed by atoms with van der Waals surface area (Å²) in [6, 6.07) is 10.3. The second kappa shape index (κ2) is 6.70. The summed E-state index contributed by atoms with van der Waals surface area (Å²) in [6.07, 6.45) is 0. The zero-order chi connectivity index (χ0) is 14.7. The first-order chi connectivity index (χ1) is 9.47. The molecule has 0 saturated heterocycles. The molecule has 2 rings (SSSR count). The molecule has 0 saturated carbocycles. The first-order valence-electron chi connectivity index (χ1n) is 6.09. The molecule has 2 nitrogen and oxygen atoms in total. The molecule has 0 aromatic heterocycles. The number of nitrogens with two attached hydrogens (primary N) is 1. The fourth-order valence-electron chi connectivity index (χ4n) is 1.82. The van der Waals surface area contributed by atoms with Crippen LogP contribution in [0.2, 0.25) is 0 Å². The summed E-state index contributed by atoms with van der Waals surface area (Å²) < 4.78 is 21.1. The first kappa shape index (κ1) is 15.5. The maximum atomic E-state index is 13.7. The van der Waals surface area contributed by atoms with Crippen LogP contribution in [0.25, 0.3) is 0 Å². The number of rotatable bonds is 4. The Labute approximate surface area is 134 Å². The fraction of sp³-hybridized carbons (Fsp3) is 0.200. The smallest absolute Gasteiger partial charge is 0.129 e. The Hall–Kier alpha value is -0.910. The van der Waals surface area contributed by atoms with Gasteiger partial charge in [0, 0.05) is 26.1 Å². The van der Waals surface area contributed by atoms with E-state index in [1.807, 2.05) is 25.1 Å². The van der Waals surface area contributed by atoms with E-state index < -0.39 is 0 Å². The van der Waals surface area contributed by atoms with Crippen molar-refractivity contribution >= 4 is 31.9 Å². The van der Waals surface area contributed by atoms with Crippen molar-refractivity contribution in [3.05, 3.63) is 62.3 Å². The summed E-state index contributed by atoms with van der Waals surface area (Å²) in [7, 11) is 0. The molecule has 0 heterocycles. The van der Waals surface area contributed by atoms with E-state index in [0.717, 1.165) is 14.5 Å². The normalized spacial score (nSPS) is 12.2. The zero-order valence-electron chi connectivity index (χ0n) is 10.9. The largest absolute Gasteiger partial charge is 0.488 e. The average Bonchev–Trinajstić information content (AvgIpc) is 2.39. The van der Waals surface area contributed by atoms with E-state index in [1.165, 1.54) is 6.07 Å². The van der Waals surface area contributed by atoms with Crippen LogP contribution in [0, 0.1) is 5.82 Å². The molecule has 0 radical (unpaired) electrons. The lowest BCUT2D eigenvalue weighted by atomic mass is 10.1. The molecule has 0 aliphatic rings. The van der Waals surface area contributed by atoms with Gasteiger partial charge in [-0.15, -0.1) is 0 Å². The van der Waals surface area contributed by atoms with Crippen molar-refractivity contribution in [1.29, 1.82) is 0 Å². The second-order valence-electron chi connectivity index (χ2n) is 4.50. The number of ether oxygens (including phenoxy) is 1. The summed E-state index contributed by atoms with van der Waals surface area (Å²) in [4.78, 5) is 0. The van der Waals surface area contributed by atoms with Crippen LogP contribution in [0.4, 0.5) is 4.39 Å². The van der Waals surface area contributed by atoms with Crippen molar-refractivity contribution in [1.82, 2.24) is 0 Å². The van der Waals surface area contributed by atoms with E-state index in [1.54, 1.807) is 12.1 Å². The predicted octanol–water partition coefficient (Wildman–Crippen LogP) is 4.95. The van der Waals surface area contributed by atoms with E-state index in [-0.39, 0.29) is 18.5 Å². The minimum Gasteiger partial charge on any atom is -0.488 e. The average molecular weight is 403 g/mol. The molecule has 0 aliphatic carbocycles. The van der Waals surface area contributed by atoms with Gasteiger partial charge in [-0.2, -0.15) is 0 Å². The number of halogens is 3. The third-order valence-corrected chi connectivity index (χ3v) is 3.84. The molecule has 20 heavy (non-hydrogen) atoms. The molecule has 0 unspecified atom stereocenters. The quantitative estimate of drug-likeness (QED) is 0.785. The van der Waals surface area contributed by atoms with Crippen molar-refractivity contribution in [2.24, 2.45) is 5.73 Å². The van der Waals surface area contributed by atoms with Gasteiger partial charge in [0.1, 0.15) is 18.2 Å². The van der Waals surface area contributed by atoms with Crippen LogP contribution >= 0.6 is 31.9 Å². The highest BCUT2D eigenvalue weighted by Crippen LogP contribution is 2.28. The van der Waals surface area contributed by atoms with Gasteiger partial charge in [0.05, 0.1) is 0 Å². The van der Waals surface area contributed by atoms with Gasteiger partial charge in [-0.05, 0) is 37.3 Å². The van der Waals surface area contributed by atoms with Crippen molar-refractivity contribution in [3.63, 3.8) is 0 Å². The molecule has 0 aliphatic heterocycles. The summed E-state index contributed by atoms with van der Waals surface area (Å²) >= 11 is 6.72. The second-order valence-corrected chi connectivity index (χ2v) is 6.33. The van der Waals surface area contributed by atoms with Crippen LogP contribution in [0.3, 0.4) is 0 Å².